The molecule has 0 radical (unpaired) electrons. The maximum atomic E-state index is 12.9. The van der Waals surface area contributed by atoms with Crippen LogP contribution in [0.3, 0.4) is 0 Å². The molecule has 0 aliphatic carbocycles. The number of fused-ring (bicyclic) bond motifs is 1. The molecule has 2 heterocycles. The highest BCUT2D eigenvalue weighted by Crippen LogP contribution is 2.26. The third-order valence-electron chi connectivity index (χ3n) is 5.12. The van der Waals surface area contributed by atoms with Crippen LogP contribution in [0.25, 0.3) is 28.2 Å². The van der Waals surface area contributed by atoms with Gasteiger partial charge in [-0.05, 0) is 19.1 Å². The number of carbonyl (C=O) groups is 1. The van der Waals surface area contributed by atoms with E-state index < -0.39 is 0 Å². The Bertz CT molecular complexity index is 1360. The molecule has 31 heavy (non-hydrogen) atoms. The lowest BCUT2D eigenvalue weighted by atomic mass is 10.1. The van der Waals surface area contributed by atoms with Gasteiger partial charge in [-0.3, -0.25) is 4.79 Å². The third kappa shape index (κ3) is 3.81. The number of nitrogens with zero attached hydrogens (tertiary/aromatic N) is 3. The molecule has 150 valence electrons. The number of hydrogen-bond acceptors (Lipinski definition) is 3. The summed E-state index contributed by atoms with van der Waals surface area (Å²) in [7, 11) is 0. The zero-order valence-electron chi connectivity index (χ0n) is 17.0. The molecule has 0 fully saturated rings. The van der Waals surface area contributed by atoms with Gasteiger partial charge >= 0.3 is 0 Å². The van der Waals surface area contributed by atoms with Gasteiger partial charge in [-0.2, -0.15) is 0 Å². The fourth-order valence-electron chi connectivity index (χ4n) is 3.46. The lowest BCUT2D eigenvalue weighted by Gasteiger charge is -2.09. The van der Waals surface area contributed by atoms with Gasteiger partial charge in [0.1, 0.15) is 0 Å². The van der Waals surface area contributed by atoms with Crippen molar-refractivity contribution in [3.63, 3.8) is 0 Å². The van der Waals surface area contributed by atoms with Gasteiger partial charge in [0, 0.05) is 29.1 Å². The van der Waals surface area contributed by atoms with Crippen molar-refractivity contribution in [2.45, 2.75) is 6.92 Å². The van der Waals surface area contributed by atoms with Crippen molar-refractivity contribution in [1.82, 2.24) is 14.4 Å². The van der Waals surface area contributed by atoms with E-state index in [1.807, 2.05) is 109 Å². The van der Waals surface area contributed by atoms with Gasteiger partial charge in [0.05, 0.1) is 11.4 Å². The molecular formula is C26H20N4O. The second-order valence-electron chi connectivity index (χ2n) is 7.38. The molecule has 2 aromatic heterocycles. The maximum absolute atomic E-state index is 12.9. The van der Waals surface area contributed by atoms with Gasteiger partial charge in [0.2, 0.25) is 0 Å². The minimum atomic E-state index is -0.219. The molecule has 3 aromatic carbocycles. The summed E-state index contributed by atoms with van der Waals surface area (Å²) >= 11 is 0. The van der Waals surface area contributed by atoms with Crippen LogP contribution in [0.4, 0.5) is 5.82 Å². The fourth-order valence-corrected chi connectivity index (χ4v) is 3.46. The van der Waals surface area contributed by atoms with E-state index >= 15 is 0 Å². The second-order valence-corrected chi connectivity index (χ2v) is 7.38. The molecule has 5 aromatic rings. The first-order chi connectivity index (χ1) is 15.2. The predicted octanol–water partition coefficient (Wildman–Crippen LogP) is 5.62. The van der Waals surface area contributed by atoms with Crippen molar-refractivity contribution in [3.05, 3.63) is 108 Å². The molecule has 0 aliphatic rings. The molecule has 5 rings (SSSR count). The van der Waals surface area contributed by atoms with Gasteiger partial charge in [-0.1, -0.05) is 78.4 Å². The van der Waals surface area contributed by atoms with Crippen LogP contribution in [0.1, 0.15) is 15.9 Å². The predicted molar refractivity (Wildman–Crippen MR) is 123 cm³/mol. The lowest BCUT2D eigenvalue weighted by molar-refractivity contribution is 0.102. The van der Waals surface area contributed by atoms with Gasteiger partial charge in [-0.15, -0.1) is 0 Å². The molecule has 0 saturated heterocycles. The average molecular weight is 404 g/mol. The number of imidazole rings is 1. The van der Waals surface area contributed by atoms with Crippen molar-refractivity contribution < 1.29 is 4.79 Å². The molecule has 0 aliphatic heterocycles. The van der Waals surface area contributed by atoms with E-state index in [0.717, 1.165) is 28.1 Å². The molecule has 0 atom stereocenters. The van der Waals surface area contributed by atoms with Crippen LogP contribution >= 0.6 is 0 Å². The van der Waals surface area contributed by atoms with E-state index in [2.05, 4.69) is 5.32 Å². The van der Waals surface area contributed by atoms with Crippen molar-refractivity contribution in [1.29, 1.82) is 0 Å². The van der Waals surface area contributed by atoms with Crippen LogP contribution in [-0.2, 0) is 0 Å². The first-order valence-corrected chi connectivity index (χ1v) is 10.1. The number of aryl methyl sites for hydroxylation is 1. The molecular weight excluding hydrogens is 384 g/mol. The second kappa shape index (κ2) is 7.88. The molecule has 0 bridgehead atoms. The zero-order valence-corrected chi connectivity index (χ0v) is 17.0. The van der Waals surface area contributed by atoms with Crippen molar-refractivity contribution in [2.75, 3.05) is 5.32 Å². The van der Waals surface area contributed by atoms with Gasteiger partial charge in [0.15, 0.2) is 11.5 Å². The summed E-state index contributed by atoms with van der Waals surface area (Å²) in [5.41, 5.74) is 5.81. The van der Waals surface area contributed by atoms with Crippen LogP contribution in [0.15, 0.2) is 97.3 Å². The first kappa shape index (κ1) is 18.8. The summed E-state index contributed by atoms with van der Waals surface area (Å²) in [6.07, 6.45) is 3.89. The Balaban J connectivity index is 1.62. The highest BCUT2D eigenvalue weighted by Gasteiger charge is 2.15. The Morgan fingerprint density at radius 1 is 0.742 bits per heavy atom. The van der Waals surface area contributed by atoms with Gasteiger partial charge in [-0.25, -0.2) is 9.97 Å². The zero-order chi connectivity index (χ0) is 21.2. The smallest absolute Gasteiger partial charge is 0.256 e. The molecule has 0 unspecified atom stereocenters. The number of nitrogens with one attached hydrogen (secondary N) is 1. The number of amides is 1. The lowest BCUT2D eigenvalue weighted by Crippen LogP contribution is -2.14. The Hall–Kier alpha value is -4.25. The number of rotatable bonds is 4. The van der Waals surface area contributed by atoms with Crippen LogP contribution in [-0.4, -0.2) is 20.3 Å². The van der Waals surface area contributed by atoms with Crippen molar-refractivity contribution in [3.8, 4) is 22.5 Å². The number of anilines is 1. The van der Waals surface area contributed by atoms with E-state index in [1.54, 1.807) is 0 Å². The molecule has 1 amide bonds. The number of benzene rings is 3. The summed E-state index contributed by atoms with van der Waals surface area (Å²) in [6, 6.07) is 27.3. The van der Waals surface area contributed by atoms with Crippen molar-refractivity contribution in [2.24, 2.45) is 0 Å². The van der Waals surface area contributed by atoms with Gasteiger partial charge in [0.25, 0.3) is 5.91 Å². The summed E-state index contributed by atoms with van der Waals surface area (Å²) < 4.78 is 1.92. The Morgan fingerprint density at radius 2 is 1.29 bits per heavy atom. The van der Waals surface area contributed by atoms with E-state index in [0.29, 0.717) is 17.0 Å². The summed E-state index contributed by atoms with van der Waals surface area (Å²) in [6.45, 7) is 1.99. The quantitative estimate of drug-likeness (QED) is 0.423. The van der Waals surface area contributed by atoms with E-state index in [1.165, 1.54) is 0 Å². The Morgan fingerprint density at radius 3 is 1.87 bits per heavy atom. The minimum absolute atomic E-state index is 0.219. The number of carbonyl (C=O) groups excluding carboxylic acids is 1. The Labute approximate surface area is 180 Å². The van der Waals surface area contributed by atoms with Crippen LogP contribution < -0.4 is 5.32 Å². The molecule has 0 spiro atoms. The normalized spacial score (nSPS) is 10.9. The van der Waals surface area contributed by atoms with Crippen LogP contribution in [0.2, 0.25) is 0 Å². The first-order valence-electron chi connectivity index (χ1n) is 10.1. The van der Waals surface area contributed by atoms with Crippen LogP contribution in [0.5, 0.6) is 0 Å². The summed E-state index contributed by atoms with van der Waals surface area (Å²) in [5.74, 6) is 0.206. The standard InChI is InChI=1S/C26H20N4O/c1-18-12-14-21(15-13-18)26(31)29-24-25-28-23(20-10-6-3-7-11-20)17-30(25)16-22(27-24)19-8-4-2-5-9-19/h2-17H,1H3,(H,27,29,31). The van der Waals surface area contributed by atoms with Crippen LogP contribution in [0, 0.1) is 6.92 Å². The maximum Gasteiger partial charge on any atom is 0.256 e. The number of hydrogen-bond donors (Lipinski definition) is 1. The topological polar surface area (TPSA) is 59.3 Å². The average Bonchev–Trinajstić information content (AvgIpc) is 3.25. The highest BCUT2D eigenvalue weighted by molar-refractivity contribution is 6.05. The summed E-state index contributed by atoms with van der Waals surface area (Å²) in [5, 5.41) is 2.96. The highest BCUT2D eigenvalue weighted by atomic mass is 16.1. The van der Waals surface area contributed by atoms with E-state index in [4.69, 9.17) is 9.97 Å². The Kier molecular flexibility index (Phi) is 4.77. The molecule has 5 nitrogen and oxygen atoms in total. The third-order valence-corrected chi connectivity index (χ3v) is 5.12. The monoisotopic (exact) mass is 404 g/mol. The summed E-state index contributed by atoms with van der Waals surface area (Å²) in [4.78, 5) is 22.4. The molecule has 5 heteroatoms. The minimum Gasteiger partial charge on any atom is -0.303 e. The van der Waals surface area contributed by atoms with Crippen molar-refractivity contribution >= 4 is 17.4 Å². The fraction of sp³-hybridized carbons (Fsp3) is 0.0385. The number of aromatic nitrogens is 3. The van der Waals surface area contributed by atoms with E-state index in [9.17, 15) is 4.79 Å². The van der Waals surface area contributed by atoms with E-state index in [-0.39, 0.29) is 5.91 Å². The SMILES string of the molecule is Cc1ccc(C(=O)Nc2nc(-c3ccccc3)cn3cc(-c4ccccc4)nc23)cc1. The molecule has 0 saturated carbocycles. The van der Waals surface area contributed by atoms with Gasteiger partial charge < -0.3 is 9.72 Å². The largest absolute Gasteiger partial charge is 0.303 e. The molecule has 1 N–H and O–H groups in total.